The second-order valence-electron chi connectivity index (χ2n) is 5.12. The van der Waals surface area contributed by atoms with Crippen molar-refractivity contribution in [1.29, 1.82) is 5.26 Å². The second kappa shape index (κ2) is 6.93. The summed E-state index contributed by atoms with van der Waals surface area (Å²) in [4.78, 5) is 0. The molecule has 3 heteroatoms. The van der Waals surface area contributed by atoms with E-state index < -0.39 is 0 Å². The van der Waals surface area contributed by atoms with Crippen LogP contribution < -0.4 is 10.1 Å². The van der Waals surface area contributed by atoms with Crippen LogP contribution in [0.25, 0.3) is 10.8 Å². The predicted octanol–water partition coefficient (Wildman–Crippen LogP) is 3.50. The first-order valence-electron chi connectivity index (χ1n) is 6.97. The maximum absolute atomic E-state index is 9.08. The molecule has 0 saturated heterocycles. The van der Waals surface area contributed by atoms with Crippen LogP contribution in [0, 0.1) is 11.3 Å². The highest BCUT2D eigenvalue weighted by molar-refractivity contribution is 5.88. The van der Waals surface area contributed by atoms with Crippen molar-refractivity contribution in [2.45, 2.75) is 32.4 Å². The lowest BCUT2D eigenvalue weighted by molar-refractivity contribution is 0.297. The zero-order chi connectivity index (χ0) is 14.4. The number of nitrogens with one attached hydrogen (secondary N) is 1. The zero-order valence-electron chi connectivity index (χ0n) is 12.0. The third kappa shape index (κ3) is 3.72. The predicted molar refractivity (Wildman–Crippen MR) is 81.7 cm³/mol. The Kier molecular flexibility index (Phi) is 4.97. The van der Waals surface area contributed by atoms with Gasteiger partial charge < -0.3 is 4.74 Å². The van der Waals surface area contributed by atoms with Crippen molar-refractivity contribution in [2.24, 2.45) is 0 Å². The van der Waals surface area contributed by atoms with Gasteiger partial charge in [-0.25, -0.2) is 0 Å². The molecule has 2 aromatic carbocycles. The number of benzene rings is 2. The minimum absolute atomic E-state index is 0.162. The number of ether oxygens (including phenoxy) is 1. The summed E-state index contributed by atoms with van der Waals surface area (Å²) in [5.74, 6) is 0.879. The number of hydrogen-bond acceptors (Lipinski definition) is 3. The Morgan fingerprint density at radius 1 is 1.15 bits per heavy atom. The SMILES string of the molecule is CC(C)NC(C#N)CCOc1cccc2ccccc12. The third-order valence-electron chi connectivity index (χ3n) is 3.10. The molecule has 2 rings (SSSR count). The Labute approximate surface area is 120 Å². The van der Waals surface area contributed by atoms with E-state index in [2.05, 4.69) is 29.6 Å². The second-order valence-corrected chi connectivity index (χ2v) is 5.12. The molecule has 2 aromatic rings. The molecule has 0 bridgehead atoms. The summed E-state index contributed by atoms with van der Waals surface area (Å²) in [5, 5.41) is 14.6. The third-order valence-corrected chi connectivity index (χ3v) is 3.10. The molecule has 0 aliphatic rings. The van der Waals surface area contributed by atoms with Crippen molar-refractivity contribution in [3.63, 3.8) is 0 Å². The molecule has 0 amide bonds. The largest absolute Gasteiger partial charge is 0.493 e. The van der Waals surface area contributed by atoms with Crippen molar-refractivity contribution in [3.05, 3.63) is 42.5 Å². The smallest absolute Gasteiger partial charge is 0.127 e. The van der Waals surface area contributed by atoms with Crippen LogP contribution in [0.5, 0.6) is 5.75 Å². The Hall–Kier alpha value is -2.05. The number of nitrogens with zero attached hydrogens (tertiary/aromatic N) is 1. The van der Waals surface area contributed by atoms with Crippen LogP contribution in [-0.4, -0.2) is 18.7 Å². The first-order valence-corrected chi connectivity index (χ1v) is 6.97. The van der Waals surface area contributed by atoms with Crippen LogP contribution in [0.15, 0.2) is 42.5 Å². The van der Waals surface area contributed by atoms with Crippen molar-refractivity contribution in [3.8, 4) is 11.8 Å². The maximum Gasteiger partial charge on any atom is 0.127 e. The van der Waals surface area contributed by atoms with Crippen molar-refractivity contribution >= 4 is 10.8 Å². The lowest BCUT2D eigenvalue weighted by atomic mass is 10.1. The molecule has 0 aliphatic heterocycles. The standard InChI is InChI=1S/C17H20N2O/c1-13(2)19-15(12-18)10-11-20-17-9-5-7-14-6-3-4-8-16(14)17/h3-9,13,15,19H,10-11H2,1-2H3. The van der Waals surface area contributed by atoms with E-state index in [-0.39, 0.29) is 6.04 Å². The maximum atomic E-state index is 9.08. The average molecular weight is 268 g/mol. The molecule has 3 nitrogen and oxygen atoms in total. The lowest BCUT2D eigenvalue weighted by Gasteiger charge is -2.15. The number of fused-ring (bicyclic) bond motifs is 1. The van der Waals surface area contributed by atoms with E-state index in [0.29, 0.717) is 19.1 Å². The summed E-state index contributed by atoms with van der Waals surface area (Å²) in [6, 6.07) is 16.6. The molecule has 20 heavy (non-hydrogen) atoms. The van der Waals surface area contributed by atoms with E-state index in [1.165, 1.54) is 5.39 Å². The van der Waals surface area contributed by atoms with Gasteiger partial charge in [-0.1, -0.05) is 36.4 Å². The van der Waals surface area contributed by atoms with Gasteiger partial charge in [-0.05, 0) is 25.3 Å². The number of hydrogen-bond donors (Lipinski definition) is 1. The molecule has 1 unspecified atom stereocenters. The van der Waals surface area contributed by atoms with Gasteiger partial charge >= 0.3 is 0 Å². The summed E-state index contributed by atoms with van der Waals surface area (Å²) >= 11 is 0. The molecule has 0 saturated carbocycles. The fourth-order valence-corrected chi connectivity index (χ4v) is 2.20. The normalized spacial score (nSPS) is 12.3. The molecule has 0 heterocycles. The Balaban J connectivity index is 1.98. The zero-order valence-corrected chi connectivity index (χ0v) is 12.0. The minimum atomic E-state index is -0.162. The summed E-state index contributed by atoms with van der Waals surface area (Å²) in [7, 11) is 0. The fourth-order valence-electron chi connectivity index (χ4n) is 2.20. The van der Waals surface area contributed by atoms with Gasteiger partial charge in [0.2, 0.25) is 0 Å². The van der Waals surface area contributed by atoms with Gasteiger partial charge in [-0.15, -0.1) is 0 Å². The van der Waals surface area contributed by atoms with Gasteiger partial charge in [-0.2, -0.15) is 5.26 Å². The van der Waals surface area contributed by atoms with Crippen LogP contribution in [0.3, 0.4) is 0 Å². The summed E-state index contributed by atoms with van der Waals surface area (Å²) in [6.45, 7) is 4.61. The van der Waals surface area contributed by atoms with Crippen LogP contribution in [0.4, 0.5) is 0 Å². The quantitative estimate of drug-likeness (QED) is 0.872. The molecule has 104 valence electrons. The Morgan fingerprint density at radius 3 is 2.65 bits per heavy atom. The molecule has 1 N–H and O–H groups in total. The highest BCUT2D eigenvalue weighted by Crippen LogP contribution is 2.25. The lowest BCUT2D eigenvalue weighted by Crippen LogP contribution is -2.34. The van der Waals surface area contributed by atoms with E-state index in [0.717, 1.165) is 11.1 Å². The first kappa shape index (κ1) is 14.4. The van der Waals surface area contributed by atoms with Crippen LogP contribution in [-0.2, 0) is 0 Å². The number of rotatable bonds is 6. The highest BCUT2D eigenvalue weighted by atomic mass is 16.5. The molecular formula is C17H20N2O. The summed E-state index contributed by atoms with van der Waals surface area (Å²) in [5.41, 5.74) is 0. The average Bonchev–Trinajstić information content (AvgIpc) is 2.46. The van der Waals surface area contributed by atoms with Gasteiger partial charge in [0.1, 0.15) is 5.75 Å². The van der Waals surface area contributed by atoms with E-state index in [4.69, 9.17) is 10.00 Å². The molecule has 0 radical (unpaired) electrons. The minimum Gasteiger partial charge on any atom is -0.493 e. The molecular weight excluding hydrogens is 248 g/mol. The van der Waals surface area contributed by atoms with Crippen LogP contribution >= 0.6 is 0 Å². The van der Waals surface area contributed by atoms with E-state index in [1.807, 2.05) is 38.1 Å². The summed E-state index contributed by atoms with van der Waals surface area (Å²) in [6.07, 6.45) is 0.678. The van der Waals surface area contributed by atoms with Gasteiger partial charge in [0.05, 0.1) is 18.7 Å². The monoisotopic (exact) mass is 268 g/mol. The molecule has 1 atom stereocenters. The van der Waals surface area contributed by atoms with Crippen molar-refractivity contribution in [2.75, 3.05) is 6.61 Å². The summed E-state index contributed by atoms with van der Waals surface area (Å²) < 4.78 is 5.84. The van der Waals surface area contributed by atoms with Gasteiger partial charge in [0.15, 0.2) is 0 Å². The molecule has 0 aliphatic carbocycles. The molecule has 0 fully saturated rings. The van der Waals surface area contributed by atoms with E-state index >= 15 is 0 Å². The van der Waals surface area contributed by atoms with Gasteiger partial charge in [0.25, 0.3) is 0 Å². The van der Waals surface area contributed by atoms with Gasteiger partial charge in [0, 0.05) is 17.8 Å². The van der Waals surface area contributed by atoms with Crippen LogP contribution in [0.1, 0.15) is 20.3 Å². The number of nitriles is 1. The topological polar surface area (TPSA) is 45.0 Å². The molecule has 0 spiro atoms. The van der Waals surface area contributed by atoms with Crippen molar-refractivity contribution < 1.29 is 4.74 Å². The van der Waals surface area contributed by atoms with E-state index in [1.54, 1.807) is 0 Å². The first-order chi connectivity index (χ1) is 9.70. The Bertz CT molecular complexity index is 596. The highest BCUT2D eigenvalue weighted by Gasteiger charge is 2.09. The molecule has 0 aromatic heterocycles. The van der Waals surface area contributed by atoms with Crippen LogP contribution in [0.2, 0.25) is 0 Å². The fraction of sp³-hybridized carbons (Fsp3) is 0.353. The van der Waals surface area contributed by atoms with E-state index in [9.17, 15) is 0 Å². The Morgan fingerprint density at radius 2 is 1.90 bits per heavy atom. The van der Waals surface area contributed by atoms with Gasteiger partial charge in [-0.3, -0.25) is 5.32 Å². The van der Waals surface area contributed by atoms with Crippen molar-refractivity contribution in [1.82, 2.24) is 5.32 Å².